The van der Waals surface area contributed by atoms with Gasteiger partial charge in [-0.1, -0.05) is 267 Å². The topological polar surface area (TPSA) is 237 Å². The predicted molar refractivity (Wildman–Crippen MR) is 340 cm³/mol. The predicted octanol–water partition coefficient (Wildman–Crippen LogP) is 18.1. The van der Waals surface area contributed by atoms with Crippen molar-refractivity contribution in [1.29, 1.82) is 0 Å². The summed E-state index contributed by atoms with van der Waals surface area (Å²) in [6.07, 6.45) is 36.4. The van der Waals surface area contributed by atoms with Gasteiger partial charge in [0.15, 0.2) is 12.2 Å². The molecule has 3 unspecified atom stereocenters. The Morgan fingerprint density at radius 1 is 0.329 bits per heavy atom. The maximum atomic E-state index is 13.0. The Morgan fingerprint density at radius 3 is 0.835 bits per heavy atom. The Kier molecular flexibility index (Phi) is 54.8. The third kappa shape index (κ3) is 59.5. The van der Waals surface area contributed by atoms with Gasteiger partial charge in [-0.3, -0.25) is 37.3 Å². The summed E-state index contributed by atoms with van der Waals surface area (Å²) in [6, 6.07) is 0. The lowest BCUT2D eigenvalue weighted by molar-refractivity contribution is -0.161. The van der Waals surface area contributed by atoms with E-state index in [0.29, 0.717) is 37.5 Å². The van der Waals surface area contributed by atoms with E-state index >= 15 is 0 Å². The molecule has 85 heavy (non-hydrogen) atoms. The van der Waals surface area contributed by atoms with Gasteiger partial charge in [0.25, 0.3) is 0 Å². The highest BCUT2D eigenvalue weighted by molar-refractivity contribution is 7.47. The Hall–Kier alpha value is -1.94. The van der Waals surface area contributed by atoms with Gasteiger partial charge in [-0.15, -0.1) is 0 Å². The molecule has 0 aliphatic heterocycles. The smallest absolute Gasteiger partial charge is 0.462 e. The summed E-state index contributed by atoms with van der Waals surface area (Å²) in [6.45, 7) is 14.0. The van der Waals surface area contributed by atoms with E-state index in [-0.39, 0.29) is 25.7 Å². The van der Waals surface area contributed by atoms with Gasteiger partial charge in [0.2, 0.25) is 0 Å². The van der Waals surface area contributed by atoms with Crippen molar-refractivity contribution in [2.24, 2.45) is 23.7 Å². The molecule has 0 fully saturated rings. The maximum absolute atomic E-state index is 13.0. The zero-order valence-corrected chi connectivity index (χ0v) is 57.0. The Bertz CT molecular complexity index is 1700. The van der Waals surface area contributed by atoms with Crippen molar-refractivity contribution < 1.29 is 80.2 Å². The molecule has 0 aromatic carbocycles. The van der Waals surface area contributed by atoms with Crippen LogP contribution in [0, 0.1) is 23.7 Å². The molecule has 17 nitrogen and oxygen atoms in total. The van der Waals surface area contributed by atoms with Gasteiger partial charge in [-0.25, -0.2) is 9.13 Å². The van der Waals surface area contributed by atoms with Crippen LogP contribution < -0.4 is 0 Å². The molecule has 0 rings (SSSR count). The summed E-state index contributed by atoms with van der Waals surface area (Å²) in [7, 11) is -9.89. The number of hydrogen-bond donors (Lipinski definition) is 3. The second-order valence-corrected chi connectivity index (χ2v) is 28.4. The molecule has 0 spiro atoms. The number of rotatable bonds is 63. The van der Waals surface area contributed by atoms with E-state index in [2.05, 4.69) is 55.4 Å². The minimum absolute atomic E-state index is 0.103. The number of hydrogen-bond acceptors (Lipinski definition) is 15. The van der Waals surface area contributed by atoms with Crippen molar-refractivity contribution >= 4 is 39.5 Å². The molecule has 6 atom stereocenters. The van der Waals surface area contributed by atoms with E-state index < -0.39 is 97.5 Å². The molecular weight excluding hydrogens is 1130 g/mol. The SMILES string of the molecule is CCC(C)CCCCCCCCCCCCC(=O)OC[C@H](COP(=O)(O)OC[C@@H](O)COP(=O)(O)OC[C@@H](COC(=O)CCCCCCCCC(C)C)OC(=O)CCCCCCCCCCCC(C)C)OC(=O)CCCCCCCCCC(C)C. The average molecular weight is 1260 g/mol. The average Bonchev–Trinajstić information content (AvgIpc) is 3.49. The van der Waals surface area contributed by atoms with Gasteiger partial charge in [0.05, 0.1) is 26.4 Å². The fourth-order valence-corrected chi connectivity index (χ4v) is 11.3. The van der Waals surface area contributed by atoms with E-state index in [4.69, 9.17) is 37.0 Å². The highest BCUT2D eigenvalue weighted by Crippen LogP contribution is 2.45. The molecule has 0 amide bonds. The number of phosphoric acid groups is 2. The van der Waals surface area contributed by atoms with Crippen molar-refractivity contribution in [3.05, 3.63) is 0 Å². The van der Waals surface area contributed by atoms with Gasteiger partial charge >= 0.3 is 39.5 Å². The maximum Gasteiger partial charge on any atom is 0.472 e. The highest BCUT2D eigenvalue weighted by atomic mass is 31.2. The van der Waals surface area contributed by atoms with Crippen molar-refractivity contribution in [2.75, 3.05) is 39.6 Å². The molecule has 3 N–H and O–H groups in total. The van der Waals surface area contributed by atoms with Gasteiger partial charge in [-0.2, -0.15) is 0 Å². The van der Waals surface area contributed by atoms with Gasteiger partial charge in [0, 0.05) is 25.7 Å². The van der Waals surface area contributed by atoms with Crippen LogP contribution in [-0.2, 0) is 65.4 Å². The van der Waals surface area contributed by atoms with Crippen LogP contribution in [0.5, 0.6) is 0 Å². The van der Waals surface area contributed by atoms with E-state index in [0.717, 1.165) is 108 Å². The van der Waals surface area contributed by atoms with Crippen molar-refractivity contribution in [3.63, 3.8) is 0 Å². The van der Waals surface area contributed by atoms with E-state index in [1.807, 2.05) is 0 Å². The number of carbonyl (C=O) groups excluding carboxylic acids is 4. The molecule has 19 heteroatoms. The van der Waals surface area contributed by atoms with Gasteiger partial charge in [-0.05, 0) is 49.4 Å². The molecule has 0 saturated heterocycles. The second-order valence-electron chi connectivity index (χ2n) is 25.5. The number of aliphatic hydroxyl groups excluding tert-OH is 1. The molecule has 0 aromatic heterocycles. The first-order valence-corrected chi connectivity index (χ1v) is 37.2. The van der Waals surface area contributed by atoms with E-state index in [1.54, 1.807) is 0 Å². The first-order valence-electron chi connectivity index (χ1n) is 34.2. The molecule has 504 valence electrons. The quantitative estimate of drug-likeness (QED) is 0.0222. The number of ether oxygens (including phenoxy) is 4. The molecular formula is C66H128O17P2. The van der Waals surface area contributed by atoms with Gasteiger partial charge < -0.3 is 33.8 Å². The van der Waals surface area contributed by atoms with Crippen LogP contribution in [-0.4, -0.2) is 96.7 Å². The molecule has 0 aliphatic carbocycles. The van der Waals surface area contributed by atoms with Crippen LogP contribution in [0.3, 0.4) is 0 Å². The molecule has 0 radical (unpaired) electrons. The minimum atomic E-state index is -4.95. The molecule has 0 saturated carbocycles. The fourth-order valence-electron chi connectivity index (χ4n) is 9.75. The lowest BCUT2D eigenvalue weighted by Gasteiger charge is -2.21. The monoisotopic (exact) mass is 1250 g/mol. The third-order valence-electron chi connectivity index (χ3n) is 15.4. The lowest BCUT2D eigenvalue weighted by Crippen LogP contribution is -2.30. The van der Waals surface area contributed by atoms with Crippen LogP contribution in [0.25, 0.3) is 0 Å². The van der Waals surface area contributed by atoms with Crippen molar-refractivity contribution in [3.8, 4) is 0 Å². The number of aliphatic hydroxyl groups is 1. The standard InChI is InChI=1S/C66H128O17P2/c1-9-59(8)45-37-29-20-14-10-11-15-21-30-38-46-63(68)76-52-61(83-66(71)49-41-33-23-17-19-27-35-43-57(4)5)54-80-84(72,73)78-50-60(67)51-79-85(74,75)81-55-62(53-77-64(69)47-39-31-25-24-28-36-44-58(6)7)82-65(70)48-40-32-22-16-12-13-18-26-34-42-56(2)3/h56-62,67H,9-55H2,1-8H3,(H,72,73)(H,74,75)/t59?,60-,61-,62-/m1/s1. The van der Waals surface area contributed by atoms with Gasteiger partial charge in [0.1, 0.15) is 19.3 Å². The highest BCUT2D eigenvalue weighted by Gasteiger charge is 2.30. The first-order chi connectivity index (χ1) is 40.6. The van der Waals surface area contributed by atoms with E-state index in [9.17, 15) is 43.2 Å². The number of esters is 4. The van der Waals surface area contributed by atoms with Crippen LogP contribution >= 0.6 is 15.6 Å². The zero-order valence-electron chi connectivity index (χ0n) is 55.2. The Labute approximate surface area is 517 Å². The summed E-state index contributed by atoms with van der Waals surface area (Å²) >= 11 is 0. The third-order valence-corrected chi connectivity index (χ3v) is 17.3. The Balaban J connectivity index is 5.24. The largest absolute Gasteiger partial charge is 0.472 e. The summed E-state index contributed by atoms with van der Waals surface area (Å²) in [4.78, 5) is 72.3. The Morgan fingerprint density at radius 2 is 0.565 bits per heavy atom. The fraction of sp³-hybridized carbons (Fsp3) is 0.939. The number of carbonyl (C=O) groups is 4. The van der Waals surface area contributed by atoms with Crippen LogP contribution in [0.1, 0.15) is 319 Å². The van der Waals surface area contributed by atoms with Crippen LogP contribution in [0.2, 0.25) is 0 Å². The molecule has 0 heterocycles. The number of phosphoric ester groups is 2. The second kappa shape index (κ2) is 56.1. The summed E-state index contributed by atoms with van der Waals surface area (Å²) in [5.41, 5.74) is 0. The summed E-state index contributed by atoms with van der Waals surface area (Å²) < 4.78 is 68.0. The van der Waals surface area contributed by atoms with Crippen molar-refractivity contribution in [1.82, 2.24) is 0 Å². The molecule has 0 aliphatic rings. The normalized spacial score (nSPS) is 14.7. The number of unbranched alkanes of at least 4 members (excludes halogenated alkanes) is 28. The first kappa shape index (κ1) is 83.1. The van der Waals surface area contributed by atoms with Crippen LogP contribution in [0.15, 0.2) is 0 Å². The van der Waals surface area contributed by atoms with E-state index in [1.165, 1.54) is 116 Å². The molecule has 0 bridgehead atoms. The van der Waals surface area contributed by atoms with Crippen LogP contribution in [0.4, 0.5) is 0 Å². The summed E-state index contributed by atoms with van der Waals surface area (Å²) in [5, 5.41) is 10.5. The molecule has 0 aromatic rings. The summed E-state index contributed by atoms with van der Waals surface area (Å²) in [5.74, 6) is 0.782. The zero-order chi connectivity index (χ0) is 63.2. The van der Waals surface area contributed by atoms with Crippen molar-refractivity contribution in [2.45, 2.75) is 337 Å². The minimum Gasteiger partial charge on any atom is -0.462 e. The lowest BCUT2D eigenvalue weighted by atomic mass is 9.99.